The van der Waals surface area contributed by atoms with Gasteiger partial charge in [0.05, 0.1) is 12.1 Å². The number of amides is 2. The lowest BCUT2D eigenvalue weighted by Crippen LogP contribution is -2.51. The number of nitrogens with two attached hydrogens (primary N) is 1. The zero-order valence-electron chi connectivity index (χ0n) is 17.7. The third-order valence-electron chi connectivity index (χ3n) is 7.54. The van der Waals surface area contributed by atoms with Crippen molar-refractivity contribution >= 4 is 11.8 Å². The summed E-state index contributed by atoms with van der Waals surface area (Å²) in [5.41, 5.74) is 7.30. The van der Waals surface area contributed by atoms with Crippen LogP contribution in [0.5, 0.6) is 0 Å². The fourth-order valence-corrected chi connectivity index (χ4v) is 5.96. The molecule has 0 spiro atoms. The molecule has 2 aromatic carbocycles. The standard InChI is InChI=1S/C25H25FN4O2/c1-12-21-18-10-20(22(12)21)30-23(18)25(32)29-17(11-27)8-15-6-5-14(9-19(15)26)13-3-2-4-16(7-13)24(28)31/h2-7,9,12,17-18,20-23,30H,8,10H2,1H3,(H2,28,31)(H,29,32)/t12-,17-,18+,20-,21-,22+,23-/m0/s1. The molecule has 1 saturated heterocycles. The summed E-state index contributed by atoms with van der Waals surface area (Å²) >= 11 is 0. The minimum atomic E-state index is -0.811. The summed E-state index contributed by atoms with van der Waals surface area (Å²) in [5, 5.41) is 15.8. The Morgan fingerprint density at radius 2 is 2.03 bits per heavy atom. The molecule has 1 aliphatic heterocycles. The van der Waals surface area contributed by atoms with Crippen LogP contribution in [0, 0.1) is 40.8 Å². The van der Waals surface area contributed by atoms with Crippen LogP contribution in [0.2, 0.25) is 0 Å². The molecule has 7 atom stereocenters. The van der Waals surface area contributed by atoms with Gasteiger partial charge in [0.2, 0.25) is 11.8 Å². The van der Waals surface area contributed by atoms with E-state index in [2.05, 4.69) is 23.6 Å². The number of hydrogen-bond acceptors (Lipinski definition) is 4. The number of nitrogens with one attached hydrogen (secondary N) is 2. The van der Waals surface area contributed by atoms with E-state index in [-0.39, 0.29) is 18.4 Å². The summed E-state index contributed by atoms with van der Waals surface area (Å²) < 4.78 is 14.8. The zero-order chi connectivity index (χ0) is 22.6. The van der Waals surface area contributed by atoms with Gasteiger partial charge in [-0.3, -0.25) is 9.59 Å². The Balaban J connectivity index is 1.26. The molecule has 3 fully saturated rings. The normalized spacial score (nSPS) is 30.3. The van der Waals surface area contributed by atoms with E-state index >= 15 is 0 Å². The highest BCUT2D eigenvalue weighted by molar-refractivity contribution is 5.94. The largest absolute Gasteiger partial charge is 0.366 e. The summed E-state index contributed by atoms with van der Waals surface area (Å²) in [6.45, 7) is 2.24. The molecular formula is C25H25FN4O2. The van der Waals surface area contributed by atoms with Crippen LogP contribution >= 0.6 is 0 Å². The molecule has 6 nitrogen and oxygen atoms in total. The number of carbonyl (C=O) groups excluding carboxylic acids is 2. The van der Waals surface area contributed by atoms with Crippen molar-refractivity contribution in [2.75, 3.05) is 0 Å². The predicted molar refractivity (Wildman–Crippen MR) is 117 cm³/mol. The highest BCUT2D eigenvalue weighted by atomic mass is 19.1. The summed E-state index contributed by atoms with van der Waals surface area (Å²) in [7, 11) is 0. The van der Waals surface area contributed by atoms with Gasteiger partial charge in [-0.25, -0.2) is 4.39 Å². The first-order valence-electron chi connectivity index (χ1n) is 11.0. The van der Waals surface area contributed by atoms with Gasteiger partial charge in [0, 0.05) is 18.0 Å². The molecule has 1 heterocycles. The van der Waals surface area contributed by atoms with Gasteiger partial charge in [-0.1, -0.05) is 31.2 Å². The quantitative estimate of drug-likeness (QED) is 0.651. The number of carbonyl (C=O) groups is 2. The number of nitrogens with zero attached hydrogens (tertiary/aromatic N) is 1. The van der Waals surface area contributed by atoms with Crippen molar-refractivity contribution in [3.63, 3.8) is 0 Å². The molecule has 7 heteroatoms. The van der Waals surface area contributed by atoms with Gasteiger partial charge < -0.3 is 16.4 Å². The highest BCUT2D eigenvalue weighted by Gasteiger charge is 2.67. The Morgan fingerprint density at radius 1 is 1.25 bits per heavy atom. The van der Waals surface area contributed by atoms with Gasteiger partial charge >= 0.3 is 0 Å². The van der Waals surface area contributed by atoms with Gasteiger partial charge in [0.15, 0.2) is 0 Å². The minimum Gasteiger partial charge on any atom is -0.366 e. The van der Waals surface area contributed by atoms with Crippen molar-refractivity contribution in [2.45, 2.75) is 37.9 Å². The van der Waals surface area contributed by atoms with Crippen LogP contribution < -0.4 is 16.4 Å². The molecule has 32 heavy (non-hydrogen) atoms. The number of benzene rings is 2. The summed E-state index contributed by atoms with van der Waals surface area (Å²) in [6, 6.07) is 12.8. The first-order chi connectivity index (χ1) is 15.4. The Hall–Kier alpha value is -3.24. The van der Waals surface area contributed by atoms with E-state index in [1.54, 1.807) is 36.4 Å². The van der Waals surface area contributed by atoms with Crippen LogP contribution in [0.4, 0.5) is 4.39 Å². The molecule has 2 amide bonds. The Bertz CT molecular complexity index is 1140. The fraction of sp³-hybridized carbons (Fsp3) is 0.400. The maximum atomic E-state index is 14.8. The van der Waals surface area contributed by atoms with Crippen molar-refractivity contribution in [1.82, 2.24) is 10.6 Å². The Kier molecular flexibility index (Phi) is 4.98. The van der Waals surface area contributed by atoms with Crippen molar-refractivity contribution in [3.8, 4) is 17.2 Å². The van der Waals surface area contributed by atoms with Crippen molar-refractivity contribution in [3.05, 3.63) is 59.4 Å². The second-order valence-corrected chi connectivity index (χ2v) is 9.31. The number of hydrogen-bond donors (Lipinski definition) is 3. The van der Waals surface area contributed by atoms with Gasteiger partial charge in [-0.15, -0.1) is 0 Å². The molecule has 5 rings (SSSR count). The molecule has 2 aromatic rings. The first kappa shape index (κ1) is 20.7. The third-order valence-corrected chi connectivity index (χ3v) is 7.54. The third kappa shape index (κ3) is 3.45. The first-order valence-corrected chi connectivity index (χ1v) is 11.0. The van der Waals surface area contributed by atoms with Gasteiger partial charge in [0.25, 0.3) is 0 Å². The molecule has 2 aliphatic carbocycles. The van der Waals surface area contributed by atoms with Gasteiger partial charge in [0.1, 0.15) is 11.9 Å². The predicted octanol–water partition coefficient (Wildman–Crippen LogP) is 2.38. The zero-order valence-corrected chi connectivity index (χ0v) is 17.7. The second-order valence-electron chi connectivity index (χ2n) is 9.31. The molecule has 0 unspecified atom stereocenters. The number of rotatable bonds is 6. The molecular weight excluding hydrogens is 407 g/mol. The average molecular weight is 432 g/mol. The maximum absolute atomic E-state index is 14.8. The monoisotopic (exact) mass is 432 g/mol. The molecule has 0 aromatic heterocycles. The lowest BCUT2D eigenvalue weighted by atomic mass is 9.94. The van der Waals surface area contributed by atoms with E-state index in [0.717, 1.165) is 6.42 Å². The van der Waals surface area contributed by atoms with Crippen LogP contribution in [-0.4, -0.2) is 29.9 Å². The van der Waals surface area contributed by atoms with E-state index in [1.165, 1.54) is 6.07 Å². The van der Waals surface area contributed by atoms with Gasteiger partial charge in [-0.2, -0.15) is 5.26 Å². The summed E-state index contributed by atoms with van der Waals surface area (Å²) in [4.78, 5) is 24.2. The van der Waals surface area contributed by atoms with Gasteiger partial charge in [-0.05, 0) is 65.0 Å². The molecule has 0 radical (unpaired) electrons. The van der Waals surface area contributed by atoms with Crippen LogP contribution in [-0.2, 0) is 11.2 Å². The van der Waals surface area contributed by atoms with E-state index < -0.39 is 17.8 Å². The van der Waals surface area contributed by atoms with Crippen LogP contribution in [0.1, 0.15) is 29.3 Å². The second kappa shape index (κ2) is 7.72. The smallest absolute Gasteiger partial charge is 0.248 e. The number of halogens is 1. The number of fused-ring (bicyclic) bond motifs is 5. The Labute approximate surface area is 186 Å². The van der Waals surface area contributed by atoms with Crippen LogP contribution in [0.25, 0.3) is 11.1 Å². The van der Waals surface area contributed by atoms with Crippen molar-refractivity contribution < 1.29 is 14.0 Å². The van der Waals surface area contributed by atoms with Crippen molar-refractivity contribution in [2.24, 2.45) is 29.4 Å². The fourth-order valence-electron chi connectivity index (χ4n) is 5.96. The molecule has 2 bridgehead atoms. The molecule has 164 valence electrons. The van der Waals surface area contributed by atoms with Crippen LogP contribution in [0.3, 0.4) is 0 Å². The molecule has 4 N–H and O–H groups in total. The SMILES string of the molecule is C[C@H]1[C@H]2[C@H]3C[C@H](N[C@@H]3C(=O)N[C@H](C#N)Cc3ccc(-c4cccc(C(N)=O)c4)cc3F)[C@@H]12. The van der Waals surface area contributed by atoms with E-state index in [9.17, 15) is 19.2 Å². The maximum Gasteiger partial charge on any atom is 0.248 e. The molecule has 3 aliphatic rings. The topological polar surface area (TPSA) is 108 Å². The summed E-state index contributed by atoms with van der Waals surface area (Å²) in [6.07, 6.45) is 1.11. The Morgan fingerprint density at radius 3 is 2.72 bits per heavy atom. The summed E-state index contributed by atoms with van der Waals surface area (Å²) in [5.74, 6) is 1.16. The van der Waals surface area contributed by atoms with E-state index in [1.807, 2.05) is 0 Å². The number of piperidine rings is 1. The van der Waals surface area contributed by atoms with E-state index in [4.69, 9.17) is 5.73 Å². The molecule has 2 saturated carbocycles. The lowest BCUT2D eigenvalue weighted by molar-refractivity contribution is -0.124. The van der Waals surface area contributed by atoms with Crippen LogP contribution in [0.15, 0.2) is 42.5 Å². The number of primary amides is 1. The van der Waals surface area contributed by atoms with Crippen molar-refractivity contribution in [1.29, 1.82) is 5.26 Å². The lowest BCUT2D eigenvalue weighted by Gasteiger charge is -2.23. The average Bonchev–Trinajstić information content (AvgIpc) is 3.13. The number of nitriles is 1. The highest BCUT2D eigenvalue weighted by Crippen LogP contribution is 2.64. The minimum absolute atomic E-state index is 0.0823. The van der Waals surface area contributed by atoms with E-state index in [0.29, 0.717) is 52.0 Å².